The zero-order chi connectivity index (χ0) is 21.9. The van der Waals surface area contributed by atoms with Gasteiger partial charge in [-0.25, -0.2) is 18.4 Å². The third-order valence-corrected chi connectivity index (χ3v) is 5.57. The van der Waals surface area contributed by atoms with Gasteiger partial charge in [0.2, 0.25) is 10.0 Å². The number of carbonyl (C=O) groups excluding carboxylic acids is 1. The largest absolute Gasteiger partial charge is 0.482 e. The summed E-state index contributed by atoms with van der Waals surface area (Å²) in [5, 5.41) is 8.73. The van der Waals surface area contributed by atoms with Gasteiger partial charge in [0.1, 0.15) is 11.3 Å². The molecule has 158 valence electrons. The van der Waals surface area contributed by atoms with E-state index < -0.39 is 15.6 Å². The van der Waals surface area contributed by atoms with Crippen LogP contribution in [0.15, 0.2) is 56.6 Å². The van der Waals surface area contributed by atoms with Crippen molar-refractivity contribution in [3.8, 4) is 5.75 Å². The predicted molar refractivity (Wildman–Crippen MR) is 112 cm³/mol. The first-order valence-electron chi connectivity index (χ1n) is 8.89. The van der Waals surface area contributed by atoms with Gasteiger partial charge in [0.05, 0.1) is 9.92 Å². The van der Waals surface area contributed by atoms with Crippen molar-refractivity contribution >= 4 is 38.5 Å². The lowest BCUT2D eigenvalue weighted by molar-refractivity contribution is -0.123. The molecule has 0 aliphatic carbocycles. The number of aryl methyl sites for hydroxylation is 1. The van der Waals surface area contributed by atoms with Crippen LogP contribution in [-0.4, -0.2) is 27.5 Å². The first-order valence-corrected chi connectivity index (χ1v) is 10.8. The van der Waals surface area contributed by atoms with Gasteiger partial charge in [0.15, 0.2) is 6.61 Å². The van der Waals surface area contributed by atoms with Gasteiger partial charge >= 0.3 is 5.63 Å². The van der Waals surface area contributed by atoms with Crippen molar-refractivity contribution < 1.29 is 22.4 Å². The molecule has 10 heteroatoms. The molecule has 0 atom stereocenters. The van der Waals surface area contributed by atoms with Gasteiger partial charge in [-0.3, -0.25) is 4.79 Å². The monoisotopic (exact) mass is 450 g/mol. The van der Waals surface area contributed by atoms with Gasteiger partial charge in [-0.2, -0.15) is 0 Å². The average Bonchev–Trinajstić information content (AvgIpc) is 2.67. The van der Waals surface area contributed by atoms with E-state index in [1.165, 1.54) is 24.3 Å². The highest BCUT2D eigenvalue weighted by Crippen LogP contribution is 2.30. The van der Waals surface area contributed by atoms with Crippen LogP contribution >= 0.6 is 11.6 Å². The van der Waals surface area contributed by atoms with Crippen molar-refractivity contribution in [2.45, 2.75) is 18.2 Å². The molecule has 3 rings (SSSR count). The van der Waals surface area contributed by atoms with Crippen LogP contribution in [0, 0.1) is 6.92 Å². The second-order valence-electron chi connectivity index (χ2n) is 6.60. The van der Waals surface area contributed by atoms with Gasteiger partial charge in [0, 0.05) is 24.1 Å². The molecule has 0 saturated heterocycles. The summed E-state index contributed by atoms with van der Waals surface area (Å²) in [5.41, 5.74) is 1.40. The molecular weight excluding hydrogens is 432 g/mol. The lowest BCUT2D eigenvalue weighted by Crippen LogP contribution is -2.30. The molecule has 3 aromatic rings. The molecule has 3 N–H and O–H groups in total. The summed E-state index contributed by atoms with van der Waals surface area (Å²) in [5.74, 6) is -0.135. The Bertz CT molecular complexity index is 1250. The van der Waals surface area contributed by atoms with E-state index in [1.807, 2.05) is 0 Å². The number of rotatable bonds is 7. The van der Waals surface area contributed by atoms with Crippen molar-refractivity contribution in [1.29, 1.82) is 0 Å². The second-order valence-corrected chi connectivity index (χ2v) is 8.57. The number of ether oxygens (including phenoxy) is 1. The maximum Gasteiger partial charge on any atom is 0.336 e. The van der Waals surface area contributed by atoms with Crippen LogP contribution in [-0.2, 0) is 21.2 Å². The van der Waals surface area contributed by atoms with Gasteiger partial charge in [-0.05, 0) is 42.7 Å². The minimum atomic E-state index is -3.73. The van der Waals surface area contributed by atoms with E-state index in [-0.39, 0.29) is 23.2 Å². The molecule has 0 fully saturated rings. The van der Waals surface area contributed by atoms with E-state index >= 15 is 0 Å². The van der Waals surface area contributed by atoms with Crippen LogP contribution in [0.5, 0.6) is 5.75 Å². The Labute approximate surface area is 177 Å². The minimum absolute atomic E-state index is 0.0296. The van der Waals surface area contributed by atoms with Crippen LogP contribution in [0.25, 0.3) is 11.0 Å². The number of carbonyl (C=O) groups is 1. The number of hydrogen-bond acceptors (Lipinski definition) is 6. The van der Waals surface area contributed by atoms with Gasteiger partial charge in [-0.1, -0.05) is 23.7 Å². The Hall–Kier alpha value is -2.88. The zero-order valence-electron chi connectivity index (χ0n) is 16.0. The van der Waals surface area contributed by atoms with Gasteiger partial charge in [-0.15, -0.1) is 0 Å². The maximum absolute atomic E-state index is 12.0. The number of sulfonamides is 1. The van der Waals surface area contributed by atoms with Crippen molar-refractivity contribution in [2.24, 2.45) is 5.14 Å². The lowest BCUT2D eigenvalue weighted by Gasteiger charge is -2.10. The third-order valence-electron chi connectivity index (χ3n) is 4.35. The fraction of sp³-hybridized carbons (Fsp3) is 0.200. The molecule has 8 nitrogen and oxygen atoms in total. The number of benzene rings is 2. The van der Waals surface area contributed by atoms with Crippen LogP contribution in [0.4, 0.5) is 0 Å². The van der Waals surface area contributed by atoms with Gasteiger partial charge in [0.25, 0.3) is 5.91 Å². The van der Waals surface area contributed by atoms with Crippen molar-refractivity contribution in [3.05, 3.63) is 69.0 Å². The Morgan fingerprint density at radius 3 is 2.57 bits per heavy atom. The summed E-state index contributed by atoms with van der Waals surface area (Å²) in [4.78, 5) is 23.6. The van der Waals surface area contributed by atoms with E-state index in [9.17, 15) is 18.0 Å². The molecule has 0 spiro atoms. The highest BCUT2D eigenvalue weighted by atomic mass is 35.5. The normalized spacial score (nSPS) is 11.4. The van der Waals surface area contributed by atoms with Crippen LogP contribution in [0.2, 0.25) is 5.02 Å². The number of halogens is 1. The SMILES string of the molecule is Cc1cc(=O)oc2cc(OCC(=O)NCCc3ccc(S(N)(=O)=O)cc3)c(Cl)cc12. The summed E-state index contributed by atoms with van der Waals surface area (Å²) < 4.78 is 33.1. The number of primary sulfonamides is 1. The van der Waals surface area contributed by atoms with E-state index in [4.69, 9.17) is 25.9 Å². The number of hydrogen-bond donors (Lipinski definition) is 2. The molecule has 1 amide bonds. The molecule has 0 aliphatic rings. The van der Waals surface area contributed by atoms with Crippen molar-refractivity contribution in [1.82, 2.24) is 5.32 Å². The van der Waals surface area contributed by atoms with Crippen LogP contribution in [0.3, 0.4) is 0 Å². The minimum Gasteiger partial charge on any atom is -0.482 e. The summed E-state index contributed by atoms with van der Waals surface area (Å²) >= 11 is 6.20. The summed E-state index contributed by atoms with van der Waals surface area (Å²) in [6.45, 7) is 1.83. The molecule has 2 aromatic carbocycles. The highest BCUT2D eigenvalue weighted by Gasteiger charge is 2.11. The topological polar surface area (TPSA) is 129 Å². The average molecular weight is 451 g/mol. The summed E-state index contributed by atoms with van der Waals surface area (Å²) in [6, 6.07) is 10.6. The molecule has 0 saturated carbocycles. The molecule has 0 radical (unpaired) electrons. The molecule has 1 heterocycles. The maximum atomic E-state index is 12.0. The van der Waals surface area contributed by atoms with Crippen molar-refractivity contribution in [3.63, 3.8) is 0 Å². The molecule has 1 aromatic heterocycles. The van der Waals surface area contributed by atoms with Gasteiger partial charge < -0.3 is 14.5 Å². The smallest absolute Gasteiger partial charge is 0.336 e. The fourth-order valence-corrected chi connectivity index (χ4v) is 3.55. The Morgan fingerprint density at radius 2 is 1.90 bits per heavy atom. The number of amides is 1. The molecule has 30 heavy (non-hydrogen) atoms. The second kappa shape index (κ2) is 8.86. The van der Waals surface area contributed by atoms with E-state index in [2.05, 4.69) is 5.32 Å². The molecule has 0 aliphatic heterocycles. The number of fused-ring (bicyclic) bond motifs is 1. The number of nitrogens with two attached hydrogens (primary N) is 1. The van der Waals surface area contributed by atoms with E-state index in [0.717, 1.165) is 11.1 Å². The first kappa shape index (κ1) is 21.8. The number of nitrogens with one attached hydrogen (secondary N) is 1. The first-order chi connectivity index (χ1) is 14.1. The summed E-state index contributed by atoms with van der Waals surface area (Å²) in [6.07, 6.45) is 0.498. The quantitative estimate of drug-likeness (QED) is 0.530. The fourth-order valence-electron chi connectivity index (χ4n) is 2.82. The summed E-state index contributed by atoms with van der Waals surface area (Å²) in [7, 11) is -3.73. The lowest BCUT2D eigenvalue weighted by atomic mass is 10.1. The molecular formula is C20H19ClN2O6S. The van der Waals surface area contributed by atoms with E-state index in [0.29, 0.717) is 29.0 Å². The predicted octanol–water partition coefficient (Wildman–Crippen LogP) is 2.14. The Kier molecular flexibility index (Phi) is 6.45. The van der Waals surface area contributed by atoms with Crippen LogP contribution in [0.1, 0.15) is 11.1 Å². The Morgan fingerprint density at radius 1 is 1.20 bits per heavy atom. The van der Waals surface area contributed by atoms with Crippen LogP contribution < -0.4 is 20.8 Å². The zero-order valence-corrected chi connectivity index (χ0v) is 17.5. The molecule has 0 unspecified atom stereocenters. The highest BCUT2D eigenvalue weighted by molar-refractivity contribution is 7.89. The Balaban J connectivity index is 1.54. The molecule has 0 bridgehead atoms. The van der Waals surface area contributed by atoms with Crippen molar-refractivity contribution in [2.75, 3.05) is 13.2 Å². The standard InChI is InChI=1S/C20H19ClN2O6S/c1-12-8-20(25)29-17-10-18(16(21)9-15(12)17)28-11-19(24)23-7-6-13-2-4-14(5-3-13)30(22,26)27/h2-5,8-10H,6-7,11H2,1H3,(H,23,24)(H2,22,26,27). The third kappa shape index (κ3) is 5.38. The van der Waals surface area contributed by atoms with E-state index in [1.54, 1.807) is 25.1 Å².